The molecule has 0 aromatic heterocycles. The number of nitrogens with one attached hydrogen (secondary N) is 2. The van der Waals surface area contributed by atoms with Crippen LogP contribution < -0.4 is 15.4 Å². The predicted molar refractivity (Wildman–Crippen MR) is 124 cm³/mol. The van der Waals surface area contributed by atoms with Crippen LogP contribution in [0.3, 0.4) is 0 Å². The number of hydrogen-bond acceptors (Lipinski definition) is 4. The van der Waals surface area contributed by atoms with E-state index in [9.17, 15) is 0 Å². The van der Waals surface area contributed by atoms with Gasteiger partial charge in [-0.15, -0.1) is 24.0 Å². The summed E-state index contributed by atoms with van der Waals surface area (Å²) < 4.78 is 5.61. The molecule has 1 unspecified atom stereocenters. The van der Waals surface area contributed by atoms with Gasteiger partial charge in [-0.05, 0) is 45.2 Å². The maximum absolute atomic E-state index is 5.61. The van der Waals surface area contributed by atoms with Gasteiger partial charge in [0.25, 0.3) is 0 Å². The van der Waals surface area contributed by atoms with Crippen molar-refractivity contribution in [1.82, 2.24) is 15.5 Å². The highest BCUT2D eigenvalue weighted by atomic mass is 127. The van der Waals surface area contributed by atoms with Crippen molar-refractivity contribution in [2.75, 3.05) is 51.8 Å². The van der Waals surface area contributed by atoms with Crippen molar-refractivity contribution in [2.45, 2.75) is 25.8 Å². The maximum atomic E-state index is 5.61. The highest BCUT2D eigenvalue weighted by molar-refractivity contribution is 14.0. The van der Waals surface area contributed by atoms with Crippen LogP contribution in [0, 0.1) is 0 Å². The number of para-hydroxylation sites is 1. The van der Waals surface area contributed by atoms with Crippen LogP contribution in [0.2, 0.25) is 0 Å². The van der Waals surface area contributed by atoms with E-state index in [1.165, 1.54) is 18.4 Å². The molecule has 0 saturated carbocycles. The maximum Gasteiger partial charge on any atom is 0.191 e. The van der Waals surface area contributed by atoms with Gasteiger partial charge in [0, 0.05) is 24.4 Å². The molecular formula is C19H33IN4OS. The van der Waals surface area contributed by atoms with Gasteiger partial charge in [-0.1, -0.05) is 18.2 Å². The lowest BCUT2D eigenvalue weighted by molar-refractivity contribution is 0.245. The van der Waals surface area contributed by atoms with Crippen LogP contribution in [0.5, 0.6) is 5.75 Å². The molecule has 1 saturated heterocycles. The van der Waals surface area contributed by atoms with Gasteiger partial charge < -0.3 is 15.4 Å². The first kappa shape index (κ1) is 23.4. The number of likely N-dealkylation sites (tertiary alicyclic amines) is 1. The normalized spacial score (nSPS) is 16.0. The molecule has 1 fully saturated rings. The highest BCUT2D eigenvalue weighted by Crippen LogP contribution is 2.31. The number of ether oxygens (including phenoxy) is 1. The summed E-state index contributed by atoms with van der Waals surface area (Å²) in [7, 11) is 1.75. The Morgan fingerprint density at radius 3 is 2.65 bits per heavy atom. The number of aliphatic imine (C=N–C) groups is 1. The molecule has 26 heavy (non-hydrogen) atoms. The Morgan fingerprint density at radius 1 is 1.27 bits per heavy atom. The lowest BCUT2D eigenvalue weighted by Crippen LogP contribution is -2.39. The Bertz CT molecular complexity index is 538. The molecule has 7 heteroatoms. The molecule has 148 valence electrons. The van der Waals surface area contributed by atoms with E-state index < -0.39 is 0 Å². The van der Waals surface area contributed by atoms with Gasteiger partial charge in [0.2, 0.25) is 0 Å². The Hall–Kier alpha value is -0.670. The van der Waals surface area contributed by atoms with Gasteiger partial charge in [-0.2, -0.15) is 11.8 Å². The molecule has 1 heterocycles. The van der Waals surface area contributed by atoms with E-state index in [0.717, 1.165) is 50.2 Å². The molecule has 0 bridgehead atoms. The second-order valence-corrected chi connectivity index (χ2v) is 7.13. The molecule has 0 radical (unpaired) electrons. The van der Waals surface area contributed by atoms with Gasteiger partial charge in [0.1, 0.15) is 5.75 Å². The fraction of sp³-hybridized carbons (Fsp3) is 0.632. The number of nitrogens with zero attached hydrogens (tertiary/aromatic N) is 2. The standard InChI is InChI=1S/C19H32N4OS.HI/c1-4-20-19(21-11-14-25-3)22-15-17(23-12-7-8-13-23)16-9-5-6-10-18(16)24-2;/h5-6,9-10,17H,4,7-8,11-15H2,1-3H3,(H2,20,21,22);1H. The number of methoxy groups -OCH3 is 1. The fourth-order valence-corrected chi connectivity index (χ4v) is 3.50. The van der Waals surface area contributed by atoms with E-state index in [-0.39, 0.29) is 30.0 Å². The zero-order valence-electron chi connectivity index (χ0n) is 16.2. The minimum atomic E-state index is 0. The van der Waals surface area contributed by atoms with Gasteiger partial charge in [0.15, 0.2) is 5.96 Å². The second kappa shape index (κ2) is 13.5. The lowest BCUT2D eigenvalue weighted by Gasteiger charge is -2.28. The third-order valence-electron chi connectivity index (χ3n) is 4.44. The molecule has 1 atom stereocenters. The zero-order valence-corrected chi connectivity index (χ0v) is 19.3. The predicted octanol–water partition coefficient (Wildman–Crippen LogP) is 3.37. The molecule has 2 N–H and O–H groups in total. The Morgan fingerprint density at radius 2 is 2.00 bits per heavy atom. The van der Waals surface area contributed by atoms with Crippen LogP contribution in [-0.4, -0.2) is 62.7 Å². The number of benzene rings is 1. The van der Waals surface area contributed by atoms with Crippen molar-refractivity contribution >= 4 is 41.7 Å². The average molecular weight is 492 g/mol. The SMILES string of the molecule is CCNC(=NCC(c1ccccc1OC)N1CCCC1)NCCSC.I. The summed E-state index contributed by atoms with van der Waals surface area (Å²) in [5.74, 6) is 2.93. The monoisotopic (exact) mass is 492 g/mol. The van der Waals surface area contributed by atoms with Crippen LogP contribution >= 0.6 is 35.7 Å². The van der Waals surface area contributed by atoms with Crippen LogP contribution in [0.1, 0.15) is 31.4 Å². The lowest BCUT2D eigenvalue weighted by atomic mass is 10.0. The van der Waals surface area contributed by atoms with Crippen LogP contribution in [0.25, 0.3) is 0 Å². The smallest absolute Gasteiger partial charge is 0.191 e. The summed E-state index contributed by atoms with van der Waals surface area (Å²) in [6.07, 6.45) is 4.65. The molecule has 1 aromatic carbocycles. The summed E-state index contributed by atoms with van der Waals surface area (Å²) in [5, 5.41) is 6.76. The second-order valence-electron chi connectivity index (χ2n) is 6.14. The summed E-state index contributed by atoms with van der Waals surface area (Å²) in [5.41, 5.74) is 1.23. The topological polar surface area (TPSA) is 48.9 Å². The van der Waals surface area contributed by atoms with Gasteiger partial charge in [-0.3, -0.25) is 9.89 Å². The van der Waals surface area contributed by atoms with Crippen LogP contribution in [0.4, 0.5) is 0 Å². The van der Waals surface area contributed by atoms with E-state index >= 15 is 0 Å². The summed E-state index contributed by atoms with van der Waals surface area (Å²) >= 11 is 1.84. The fourth-order valence-electron chi connectivity index (χ4n) is 3.20. The van der Waals surface area contributed by atoms with E-state index in [1.807, 2.05) is 23.9 Å². The van der Waals surface area contributed by atoms with Gasteiger partial charge >= 0.3 is 0 Å². The van der Waals surface area contributed by atoms with Crippen molar-refractivity contribution in [3.63, 3.8) is 0 Å². The van der Waals surface area contributed by atoms with Crippen molar-refractivity contribution < 1.29 is 4.74 Å². The minimum Gasteiger partial charge on any atom is -0.496 e. The van der Waals surface area contributed by atoms with Crippen molar-refractivity contribution in [3.05, 3.63) is 29.8 Å². The number of halogens is 1. The van der Waals surface area contributed by atoms with Crippen LogP contribution in [0.15, 0.2) is 29.3 Å². The van der Waals surface area contributed by atoms with Gasteiger partial charge in [-0.25, -0.2) is 0 Å². The third kappa shape index (κ3) is 7.15. The van der Waals surface area contributed by atoms with Crippen molar-refractivity contribution in [2.24, 2.45) is 4.99 Å². The summed E-state index contributed by atoms with van der Waals surface area (Å²) in [6, 6.07) is 8.59. The molecule has 1 aliphatic rings. The number of thioether (sulfide) groups is 1. The first-order chi connectivity index (χ1) is 12.3. The Labute approximate surface area is 179 Å². The van der Waals surface area contributed by atoms with E-state index in [4.69, 9.17) is 9.73 Å². The van der Waals surface area contributed by atoms with Crippen molar-refractivity contribution in [1.29, 1.82) is 0 Å². The summed E-state index contributed by atoms with van der Waals surface area (Å²) in [6.45, 7) is 6.90. The third-order valence-corrected chi connectivity index (χ3v) is 5.06. The van der Waals surface area contributed by atoms with E-state index in [2.05, 4.69) is 40.8 Å². The van der Waals surface area contributed by atoms with Crippen molar-refractivity contribution in [3.8, 4) is 5.75 Å². The quantitative estimate of drug-likeness (QED) is 0.240. The molecule has 0 spiro atoms. The molecule has 1 aromatic rings. The molecule has 0 aliphatic carbocycles. The average Bonchev–Trinajstić information content (AvgIpc) is 3.17. The molecule has 0 amide bonds. The molecule has 5 nitrogen and oxygen atoms in total. The van der Waals surface area contributed by atoms with Gasteiger partial charge in [0.05, 0.1) is 19.7 Å². The van der Waals surface area contributed by atoms with E-state index in [1.54, 1.807) is 7.11 Å². The molecule has 1 aliphatic heterocycles. The summed E-state index contributed by atoms with van der Waals surface area (Å²) in [4.78, 5) is 7.40. The largest absolute Gasteiger partial charge is 0.496 e. The first-order valence-corrected chi connectivity index (χ1v) is 10.6. The zero-order chi connectivity index (χ0) is 17.9. The Balaban J connectivity index is 0.00000338. The first-order valence-electron chi connectivity index (χ1n) is 9.18. The minimum absolute atomic E-state index is 0. The highest BCUT2D eigenvalue weighted by Gasteiger charge is 2.25. The molecule has 2 rings (SSSR count). The number of rotatable bonds is 9. The molecular weight excluding hydrogens is 459 g/mol. The Kier molecular flexibility index (Phi) is 12.1. The number of guanidine groups is 1. The van der Waals surface area contributed by atoms with E-state index in [0.29, 0.717) is 0 Å². The number of hydrogen-bond donors (Lipinski definition) is 2. The van der Waals surface area contributed by atoms with Crippen LogP contribution in [-0.2, 0) is 0 Å².